The molecule has 0 spiro atoms. The topological polar surface area (TPSA) is 67.5 Å². The second-order valence-corrected chi connectivity index (χ2v) is 5.35. The zero-order valence-electron chi connectivity index (χ0n) is 9.13. The van der Waals surface area contributed by atoms with Crippen LogP contribution in [0.4, 0.5) is 0 Å². The quantitative estimate of drug-likeness (QED) is 0.937. The van der Waals surface area contributed by atoms with E-state index >= 15 is 0 Å². The van der Waals surface area contributed by atoms with Crippen molar-refractivity contribution in [3.63, 3.8) is 0 Å². The number of hydrogen-bond donors (Lipinski definition) is 1. The maximum Gasteiger partial charge on any atom is 0.338 e. The highest BCUT2D eigenvalue weighted by atomic mass is 35.5. The van der Waals surface area contributed by atoms with Gasteiger partial charge in [-0.25, -0.2) is 4.79 Å². The summed E-state index contributed by atoms with van der Waals surface area (Å²) >= 11 is 5.92. The van der Waals surface area contributed by atoms with Crippen LogP contribution in [0.25, 0.3) is 0 Å². The molecule has 4 nitrogen and oxygen atoms in total. The van der Waals surface area contributed by atoms with Crippen LogP contribution in [-0.2, 0) is 16.6 Å². The lowest BCUT2D eigenvalue weighted by molar-refractivity contribution is 0.0696. The molecule has 0 aliphatic heterocycles. The predicted molar refractivity (Wildman–Crippen MR) is 67.2 cm³/mol. The van der Waals surface area contributed by atoms with Crippen molar-refractivity contribution in [2.75, 3.05) is 0 Å². The van der Waals surface area contributed by atoms with E-state index in [-0.39, 0.29) is 11.3 Å². The molecule has 18 heavy (non-hydrogen) atoms. The molecule has 2 aromatic rings. The number of halogens is 1. The number of carbonyl (C=O) groups is 1. The van der Waals surface area contributed by atoms with Gasteiger partial charge in [0.05, 0.1) is 32.0 Å². The van der Waals surface area contributed by atoms with Crippen molar-refractivity contribution in [3.05, 3.63) is 52.9 Å². The fraction of sp³-hybridized carbons (Fsp3) is 0.0833. The molecule has 0 bridgehead atoms. The van der Waals surface area contributed by atoms with Crippen molar-refractivity contribution >= 4 is 28.4 Å². The summed E-state index contributed by atoms with van der Waals surface area (Å²) in [4.78, 5) is 11.2. The molecule has 2 rings (SSSR count). The van der Waals surface area contributed by atoms with E-state index in [4.69, 9.17) is 21.1 Å². The molecule has 1 unspecified atom stereocenters. The largest absolute Gasteiger partial charge is 0.478 e. The molecule has 1 heterocycles. The Morgan fingerprint density at radius 1 is 1.39 bits per heavy atom. The first-order valence-electron chi connectivity index (χ1n) is 5.01. The predicted octanol–water partition coefficient (Wildman–Crippen LogP) is 2.94. The molecule has 1 aromatic carbocycles. The lowest BCUT2D eigenvalue weighted by atomic mass is 10.3. The average Bonchev–Trinajstić information content (AvgIpc) is 2.78. The first-order valence-corrected chi connectivity index (χ1v) is 6.71. The molecule has 94 valence electrons. The Hall–Kier alpha value is -1.59. The Bertz CT molecular complexity index is 606. The Kier molecular flexibility index (Phi) is 3.84. The normalized spacial score (nSPS) is 12.3. The molecule has 0 aliphatic rings. The molecule has 1 atom stereocenters. The Morgan fingerprint density at radius 2 is 2.11 bits per heavy atom. The molecule has 1 N–H and O–H groups in total. The van der Waals surface area contributed by atoms with Crippen molar-refractivity contribution in [1.29, 1.82) is 0 Å². The number of benzene rings is 1. The minimum Gasteiger partial charge on any atom is -0.478 e. The van der Waals surface area contributed by atoms with Crippen LogP contribution in [0, 0.1) is 0 Å². The monoisotopic (exact) mass is 284 g/mol. The number of aromatic carboxylic acids is 1. The average molecular weight is 285 g/mol. The van der Waals surface area contributed by atoms with Gasteiger partial charge < -0.3 is 9.52 Å². The molecule has 6 heteroatoms. The molecule has 0 saturated carbocycles. The number of carboxylic acid groups (broad SMARTS) is 1. The second-order valence-electron chi connectivity index (χ2n) is 3.53. The van der Waals surface area contributed by atoms with E-state index in [2.05, 4.69) is 0 Å². The molecule has 0 saturated heterocycles. The van der Waals surface area contributed by atoms with Crippen LogP contribution in [0.3, 0.4) is 0 Å². The lowest BCUT2D eigenvalue weighted by Crippen LogP contribution is -1.96. The lowest BCUT2D eigenvalue weighted by Gasteiger charge is -2.02. The third kappa shape index (κ3) is 2.80. The molecule has 0 amide bonds. The first-order chi connectivity index (χ1) is 8.58. The van der Waals surface area contributed by atoms with Crippen LogP contribution in [0.2, 0.25) is 5.02 Å². The molecule has 0 fully saturated rings. The standard InChI is InChI=1S/C12H9ClO4S/c13-10-3-1-2-4-11(10)18(16)7-9-5-8(6-17-9)12(14)15/h1-6H,7H2,(H,14,15). The van der Waals surface area contributed by atoms with Gasteiger partial charge in [-0.15, -0.1) is 0 Å². The van der Waals surface area contributed by atoms with Gasteiger partial charge >= 0.3 is 5.97 Å². The summed E-state index contributed by atoms with van der Waals surface area (Å²) in [5.74, 6) is -0.629. The van der Waals surface area contributed by atoms with E-state index in [0.29, 0.717) is 15.7 Å². The Labute approximate surface area is 111 Å². The maximum atomic E-state index is 12.0. The van der Waals surface area contributed by atoms with Gasteiger partial charge in [-0.2, -0.15) is 0 Å². The Balaban J connectivity index is 2.16. The zero-order valence-corrected chi connectivity index (χ0v) is 10.7. The van der Waals surface area contributed by atoms with Crippen molar-refractivity contribution < 1.29 is 18.5 Å². The van der Waals surface area contributed by atoms with Gasteiger partial charge in [0.1, 0.15) is 12.0 Å². The number of hydrogen-bond acceptors (Lipinski definition) is 3. The maximum absolute atomic E-state index is 12.0. The first kappa shape index (κ1) is 12.9. The summed E-state index contributed by atoms with van der Waals surface area (Å²) in [5.41, 5.74) is 0.0427. The van der Waals surface area contributed by atoms with E-state index in [9.17, 15) is 9.00 Å². The highest BCUT2D eigenvalue weighted by Gasteiger charge is 2.13. The van der Waals surface area contributed by atoms with Gasteiger partial charge in [0, 0.05) is 0 Å². The van der Waals surface area contributed by atoms with Crippen molar-refractivity contribution in [3.8, 4) is 0 Å². The third-order valence-corrected chi connectivity index (χ3v) is 4.09. The van der Waals surface area contributed by atoms with Crippen molar-refractivity contribution in [1.82, 2.24) is 0 Å². The van der Waals surface area contributed by atoms with Gasteiger partial charge in [0.25, 0.3) is 0 Å². The molecule has 1 aromatic heterocycles. The van der Waals surface area contributed by atoms with Crippen LogP contribution in [0.5, 0.6) is 0 Å². The highest BCUT2D eigenvalue weighted by Crippen LogP contribution is 2.22. The highest BCUT2D eigenvalue weighted by molar-refractivity contribution is 7.84. The minimum atomic E-state index is -1.36. The van der Waals surface area contributed by atoms with Crippen molar-refractivity contribution in [2.45, 2.75) is 10.6 Å². The van der Waals surface area contributed by atoms with Gasteiger partial charge in [0.2, 0.25) is 0 Å². The van der Waals surface area contributed by atoms with E-state index in [1.54, 1.807) is 24.3 Å². The second kappa shape index (κ2) is 5.37. The fourth-order valence-corrected chi connectivity index (χ4v) is 2.88. The number of carboxylic acids is 1. The Morgan fingerprint density at radius 3 is 2.72 bits per heavy atom. The molecular formula is C12H9ClO4S. The summed E-state index contributed by atoms with van der Waals surface area (Å²) < 4.78 is 17.1. The van der Waals surface area contributed by atoms with Gasteiger partial charge in [-0.1, -0.05) is 23.7 Å². The van der Waals surface area contributed by atoms with Gasteiger partial charge in [0.15, 0.2) is 0 Å². The van der Waals surface area contributed by atoms with Crippen LogP contribution in [0.15, 0.2) is 45.9 Å². The zero-order chi connectivity index (χ0) is 13.1. The number of rotatable bonds is 4. The summed E-state index contributed by atoms with van der Waals surface area (Å²) in [7, 11) is -1.36. The van der Waals surface area contributed by atoms with Gasteiger partial charge in [-0.3, -0.25) is 4.21 Å². The summed E-state index contributed by atoms with van der Waals surface area (Å²) in [6.45, 7) is 0. The fourth-order valence-electron chi connectivity index (χ4n) is 1.40. The summed E-state index contributed by atoms with van der Waals surface area (Å²) in [6, 6.07) is 8.17. The van der Waals surface area contributed by atoms with Crippen LogP contribution in [-0.4, -0.2) is 15.3 Å². The minimum absolute atomic E-state index is 0.0427. The summed E-state index contributed by atoms with van der Waals surface area (Å²) in [5, 5.41) is 9.15. The molecular weight excluding hydrogens is 276 g/mol. The van der Waals surface area contributed by atoms with E-state index in [1.807, 2.05) is 0 Å². The summed E-state index contributed by atoms with van der Waals surface area (Å²) in [6.07, 6.45) is 1.13. The van der Waals surface area contributed by atoms with Crippen LogP contribution < -0.4 is 0 Å². The molecule has 0 aliphatic carbocycles. The van der Waals surface area contributed by atoms with E-state index < -0.39 is 16.8 Å². The van der Waals surface area contributed by atoms with Crippen LogP contribution >= 0.6 is 11.6 Å². The third-order valence-electron chi connectivity index (χ3n) is 2.26. The smallest absolute Gasteiger partial charge is 0.338 e. The van der Waals surface area contributed by atoms with Gasteiger partial charge in [-0.05, 0) is 18.2 Å². The van der Waals surface area contributed by atoms with Crippen molar-refractivity contribution in [2.24, 2.45) is 0 Å². The molecule has 0 radical (unpaired) electrons. The van der Waals surface area contributed by atoms with E-state index in [1.165, 1.54) is 6.07 Å². The number of furan rings is 1. The van der Waals surface area contributed by atoms with E-state index in [0.717, 1.165) is 6.26 Å². The SMILES string of the molecule is O=C(O)c1coc(CS(=O)c2ccccc2Cl)c1. The van der Waals surface area contributed by atoms with Crippen LogP contribution in [0.1, 0.15) is 16.1 Å².